The monoisotopic (exact) mass is 244 g/mol. The SMILES string of the molecule is CC=O.CCCC(CN(CCC)CCC)NC. The predicted molar refractivity (Wildman–Crippen MR) is 76.5 cm³/mol. The van der Waals surface area contributed by atoms with Crippen LogP contribution in [0.2, 0.25) is 0 Å². The topological polar surface area (TPSA) is 32.3 Å². The first-order valence-corrected chi connectivity index (χ1v) is 6.99. The maximum Gasteiger partial charge on any atom is 0.116 e. The van der Waals surface area contributed by atoms with E-state index in [-0.39, 0.29) is 0 Å². The van der Waals surface area contributed by atoms with Crippen LogP contribution >= 0.6 is 0 Å². The van der Waals surface area contributed by atoms with Gasteiger partial charge in [-0.25, -0.2) is 0 Å². The molecule has 0 fully saturated rings. The van der Waals surface area contributed by atoms with Gasteiger partial charge in [-0.15, -0.1) is 0 Å². The van der Waals surface area contributed by atoms with Crippen molar-refractivity contribution in [3.8, 4) is 0 Å². The highest BCUT2D eigenvalue weighted by atomic mass is 16.1. The van der Waals surface area contributed by atoms with Crippen LogP contribution in [0.25, 0.3) is 0 Å². The minimum atomic E-state index is 0.679. The van der Waals surface area contributed by atoms with E-state index in [9.17, 15) is 0 Å². The zero-order chi connectivity index (χ0) is 13.5. The molecule has 0 saturated carbocycles. The summed E-state index contributed by atoms with van der Waals surface area (Å²) < 4.78 is 0. The van der Waals surface area contributed by atoms with E-state index >= 15 is 0 Å². The van der Waals surface area contributed by atoms with Gasteiger partial charge in [-0.1, -0.05) is 27.2 Å². The van der Waals surface area contributed by atoms with Crippen molar-refractivity contribution in [1.29, 1.82) is 0 Å². The molecule has 0 heterocycles. The number of likely N-dealkylation sites (N-methyl/N-ethyl adjacent to an activating group) is 1. The van der Waals surface area contributed by atoms with Crippen LogP contribution in [-0.2, 0) is 4.79 Å². The summed E-state index contributed by atoms with van der Waals surface area (Å²) in [5.74, 6) is 0. The van der Waals surface area contributed by atoms with Gasteiger partial charge in [-0.3, -0.25) is 0 Å². The van der Waals surface area contributed by atoms with Gasteiger partial charge in [-0.05, 0) is 46.3 Å². The Morgan fingerprint density at radius 3 is 1.88 bits per heavy atom. The lowest BCUT2D eigenvalue weighted by Gasteiger charge is -2.26. The molecular weight excluding hydrogens is 212 g/mol. The van der Waals surface area contributed by atoms with Crippen LogP contribution in [0.3, 0.4) is 0 Å². The molecule has 0 rings (SSSR count). The number of nitrogens with zero attached hydrogens (tertiary/aromatic N) is 1. The first-order valence-electron chi connectivity index (χ1n) is 6.99. The Hall–Kier alpha value is -0.410. The molecule has 0 spiro atoms. The van der Waals surface area contributed by atoms with Crippen LogP contribution in [0.1, 0.15) is 53.4 Å². The van der Waals surface area contributed by atoms with Gasteiger partial charge < -0.3 is 15.0 Å². The van der Waals surface area contributed by atoms with E-state index in [0.29, 0.717) is 6.04 Å². The molecular formula is C14H32N2O. The molecule has 0 aliphatic rings. The van der Waals surface area contributed by atoms with E-state index in [2.05, 4.69) is 38.0 Å². The Morgan fingerprint density at radius 2 is 1.59 bits per heavy atom. The minimum Gasteiger partial charge on any atom is -0.316 e. The van der Waals surface area contributed by atoms with E-state index in [1.54, 1.807) is 0 Å². The zero-order valence-electron chi connectivity index (χ0n) is 12.5. The number of carbonyl (C=O) groups is 1. The number of nitrogens with one attached hydrogen (secondary N) is 1. The van der Waals surface area contributed by atoms with Crippen LogP contribution in [0.5, 0.6) is 0 Å². The number of aldehydes is 1. The zero-order valence-corrected chi connectivity index (χ0v) is 12.5. The van der Waals surface area contributed by atoms with E-state index in [4.69, 9.17) is 4.79 Å². The van der Waals surface area contributed by atoms with Crippen LogP contribution in [0.15, 0.2) is 0 Å². The summed E-state index contributed by atoms with van der Waals surface area (Å²) in [6.45, 7) is 11.9. The highest BCUT2D eigenvalue weighted by molar-refractivity contribution is 5.44. The van der Waals surface area contributed by atoms with Crippen LogP contribution in [0.4, 0.5) is 0 Å². The number of rotatable bonds is 9. The third kappa shape index (κ3) is 13.5. The first-order chi connectivity index (χ1) is 8.19. The highest BCUT2D eigenvalue weighted by Gasteiger charge is 2.09. The van der Waals surface area contributed by atoms with Crippen LogP contribution in [-0.4, -0.2) is 43.9 Å². The molecule has 0 aromatic rings. The largest absolute Gasteiger partial charge is 0.316 e. The van der Waals surface area contributed by atoms with Gasteiger partial charge >= 0.3 is 0 Å². The molecule has 1 N–H and O–H groups in total. The Morgan fingerprint density at radius 1 is 1.12 bits per heavy atom. The maximum absolute atomic E-state index is 8.81. The number of carbonyl (C=O) groups excluding carboxylic acids is 1. The Labute approximate surface area is 108 Å². The molecule has 104 valence electrons. The lowest BCUT2D eigenvalue weighted by Crippen LogP contribution is -2.40. The molecule has 3 nitrogen and oxygen atoms in total. The second kappa shape index (κ2) is 15.6. The normalized spacial score (nSPS) is 11.9. The fourth-order valence-corrected chi connectivity index (χ4v) is 1.91. The van der Waals surface area contributed by atoms with Gasteiger partial charge in [0.2, 0.25) is 0 Å². The van der Waals surface area contributed by atoms with Crippen molar-refractivity contribution in [3.63, 3.8) is 0 Å². The average molecular weight is 244 g/mol. The van der Waals surface area contributed by atoms with Gasteiger partial charge in [0.25, 0.3) is 0 Å². The summed E-state index contributed by atoms with van der Waals surface area (Å²) in [7, 11) is 2.08. The molecule has 0 saturated heterocycles. The molecule has 0 aromatic carbocycles. The third-order valence-electron chi connectivity index (χ3n) is 2.60. The van der Waals surface area contributed by atoms with Crippen molar-refractivity contribution in [2.45, 2.75) is 59.4 Å². The van der Waals surface area contributed by atoms with Crippen molar-refractivity contribution >= 4 is 6.29 Å². The van der Waals surface area contributed by atoms with Crippen molar-refractivity contribution in [2.24, 2.45) is 0 Å². The molecule has 3 heteroatoms. The summed E-state index contributed by atoms with van der Waals surface area (Å²) in [5.41, 5.74) is 0. The van der Waals surface area contributed by atoms with Crippen molar-refractivity contribution in [2.75, 3.05) is 26.7 Å². The molecule has 0 aliphatic heterocycles. The van der Waals surface area contributed by atoms with Crippen LogP contribution < -0.4 is 5.32 Å². The summed E-state index contributed by atoms with van der Waals surface area (Å²) in [6, 6.07) is 0.679. The number of hydrogen-bond acceptors (Lipinski definition) is 3. The molecule has 0 radical (unpaired) electrons. The summed E-state index contributed by atoms with van der Waals surface area (Å²) >= 11 is 0. The van der Waals surface area contributed by atoms with Crippen molar-refractivity contribution in [3.05, 3.63) is 0 Å². The summed E-state index contributed by atoms with van der Waals surface area (Å²) in [5, 5.41) is 3.41. The molecule has 0 amide bonds. The summed E-state index contributed by atoms with van der Waals surface area (Å²) in [6.07, 6.45) is 5.85. The average Bonchev–Trinajstić information content (AvgIpc) is 2.30. The summed E-state index contributed by atoms with van der Waals surface area (Å²) in [4.78, 5) is 11.4. The molecule has 0 bridgehead atoms. The highest BCUT2D eigenvalue weighted by Crippen LogP contribution is 2.01. The molecule has 1 unspecified atom stereocenters. The minimum absolute atomic E-state index is 0.679. The molecule has 1 atom stereocenters. The van der Waals surface area contributed by atoms with Crippen LogP contribution in [0, 0.1) is 0 Å². The Kier molecular flexibility index (Phi) is 17.4. The number of hydrogen-bond donors (Lipinski definition) is 1. The Balaban J connectivity index is 0. The van der Waals surface area contributed by atoms with Gasteiger partial charge in [0.15, 0.2) is 0 Å². The second-order valence-electron chi connectivity index (χ2n) is 4.31. The quantitative estimate of drug-likeness (QED) is 0.633. The standard InChI is InChI=1S/C12H28N2.C2H4O/c1-5-8-12(13-4)11-14(9-6-2)10-7-3;1-2-3/h12-13H,5-11H2,1-4H3;2H,1H3. The lowest BCUT2D eigenvalue weighted by atomic mass is 10.1. The van der Waals surface area contributed by atoms with E-state index in [0.717, 1.165) is 6.29 Å². The second-order valence-corrected chi connectivity index (χ2v) is 4.31. The third-order valence-corrected chi connectivity index (χ3v) is 2.60. The fraction of sp³-hybridized carbons (Fsp3) is 0.929. The lowest BCUT2D eigenvalue weighted by molar-refractivity contribution is -0.106. The van der Waals surface area contributed by atoms with Gasteiger partial charge in [0.1, 0.15) is 6.29 Å². The smallest absolute Gasteiger partial charge is 0.116 e. The van der Waals surface area contributed by atoms with E-state index in [1.807, 2.05) is 0 Å². The van der Waals surface area contributed by atoms with Crippen molar-refractivity contribution < 1.29 is 4.79 Å². The molecule has 0 aromatic heterocycles. The van der Waals surface area contributed by atoms with Gasteiger partial charge in [-0.2, -0.15) is 0 Å². The van der Waals surface area contributed by atoms with E-state index < -0.39 is 0 Å². The van der Waals surface area contributed by atoms with Gasteiger partial charge in [0, 0.05) is 12.6 Å². The van der Waals surface area contributed by atoms with Gasteiger partial charge in [0.05, 0.1) is 0 Å². The predicted octanol–water partition coefficient (Wildman–Crippen LogP) is 2.70. The first kappa shape index (κ1) is 18.9. The maximum atomic E-state index is 8.81. The fourth-order valence-electron chi connectivity index (χ4n) is 1.91. The van der Waals surface area contributed by atoms with Crippen molar-refractivity contribution in [1.82, 2.24) is 10.2 Å². The molecule has 17 heavy (non-hydrogen) atoms. The molecule has 0 aliphatic carbocycles. The van der Waals surface area contributed by atoms with E-state index in [1.165, 1.54) is 52.2 Å². The Bertz CT molecular complexity index is 145.